The first-order chi connectivity index (χ1) is 16.1. The quantitative estimate of drug-likeness (QED) is 0.424. The molecule has 1 saturated heterocycles. The molecule has 0 N–H and O–H groups in total. The zero-order valence-electron chi connectivity index (χ0n) is 18.9. The molecule has 1 unspecified atom stereocenters. The van der Waals surface area contributed by atoms with E-state index in [0.29, 0.717) is 17.9 Å². The summed E-state index contributed by atoms with van der Waals surface area (Å²) in [7, 11) is 0. The Morgan fingerprint density at radius 3 is 2.55 bits per heavy atom. The molecule has 8 heteroatoms. The second kappa shape index (κ2) is 9.41. The zero-order chi connectivity index (χ0) is 22.8. The molecule has 1 aliphatic heterocycles. The smallest absolute Gasteiger partial charge is 0.173 e. The minimum Gasteiger partial charge on any atom is -0.369 e. The van der Waals surface area contributed by atoms with E-state index in [1.807, 2.05) is 23.6 Å². The van der Waals surface area contributed by atoms with Gasteiger partial charge in [0.15, 0.2) is 5.82 Å². The molecule has 0 amide bonds. The minimum absolute atomic E-state index is 0.231. The second-order valence-electron chi connectivity index (χ2n) is 8.44. The Balaban J connectivity index is 1.44. The van der Waals surface area contributed by atoms with Gasteiger partial charge >= 0.3 is 0 Å². The topological polar surface area (TPSA) is 50.1 Å². The van der Waals surface area contributed by atoms with Crippen LogP contribution in [0.15, 0.2) is 60.0 Å². The number of tetrazole rings is 1. The number of halogens is 1. The van der Waals surface area contributed by atoms with Crippen molar-refractivity contribution < 1.29 is 4.39 Å². The molecule has 3 heterocycles. The molecule has 0 radical (unpaired) electrons. The Morgan fingerprint density at radius 2 is 1.79 bits per heavy atom. The van der Waals surface area contributed by atoms with E-state index in [4.69, 9.17) is 0 Å². The Hall–Kier alpha value is -3.10. The average molecular weight is 463 g/mol. The lowest BCUT2D eigenvalue weighted by Gasteiger charge is -2.40. The second-order valence-corrected chi connectivity index (χ2v) is 9.47. The molecular weight excluding hydrogens is 435 g/mol. The maximum Gasteiger partial charge on any atom is 0.173 e. The molecule has 0 saturated carbocycles. The number of anilines is 1. The van der Waals surface area contributed by atoms with Crippen molar-refractivity contribution in [1.29, 1.82) is 0 Å². The highest BCUT2D eigenvalue weighted by atomic mass is 32.1. The van der Waals surface area contributed by atoms with Gasteiger partial charge in [-0.15, -0.1) is 16.4 Å². The van der Waals surface area contributed by atoms with E-state index in [9.17, 15) is 0 Å². The third-order valence-electron chi connectivity index (χ3n) is 6.49. The molecule has 5 rings (SSSR count). The largest absolute Gasteiger partial charge is 0.369 e. The molecule has 1 aliphatic rings. The molecular formula is C25H27FN6S. The normalized spacial score (nSPS) is 15.7. The van der Waals surface area contributed by atoms with Gasteiger partial charge in [0.1, 0.15) is 11.9 Å². The minimum atomic E-state index is -0.345. The first-order valence-electron chi connectivity index (χ1n) is 11.2. The highest BCUT2D eigenvalue weighted by Crippen LogP contribution is 2.32. The van der Waals surface area contributed by atoms with Gasteiger partial charge in [-0.05, 0) is 59.0 Å². The fourth-order valence-corrected chi connectivity index (χ4v) is 5.25. The van der Waals surface area contributed by atoms with Gasteiger partial charge in [0, 0.05) is 42.3 Å². The Bertz CT molecular complexity index is 1210. The summed E-state index contributed by atoms with van der Waals surface area (Å²) in [4.78, 5) is 5.89. The van der Waals surface area contributed by atoms with Crippen LogP contribution in [0.2, 0.25) is 0 Å². The van der Waals surface area contributed by atoms with Crippen LogP contribution in [0, 0.1) is 19.7 Å². The van der Waals surface area contributed by atoms with Crippen LogP contribution in [0.25, 0.3) is 0 Å². The third kappa shape index (κ3) is 4.41. The van der Waals surface area contributed by atoms with Gasteiger partial charge < -0.3 is 4.90 Å². The van der Waals surface area contributed by atoms with Crippen LogP contribution in [0.5, 0.6) is 0 Å². The molecule has 6 nitrogen and oxygen atoms in total. The molecule has 0 aliphatic carbocycles. The Kier molecular flexibility index (Phi) is 6.20. The molecule has 0 spiro atoms. The number of aromatic nitrogens is 4. The number of thiophene rings is 1. The van der Waals surface area contributed by atoms with E-state index in [1.54, 1.807) is 22.1 Å². The summed E-state index contributed by atoms with van der Waals surface area (Å²) < 4.78 is 16.8. The van der Waals surface area contributed by atoms with Crippen LogP contribution in [0.3, 0.4) is 0 Å². The Morgan fingerprint density at radius 1 is 0.970 bits per heavy atom. The number of rotatable bonds is 6. The van der Waals surface area contributed by atoms with Gasteiger partial charge in [0.25, 0.3) is 0 Å². The van der Waals surface area contributed by atoms with Crippen LogP contribution in [0.4, 0.5) is 10.1 Å². The average Bonchev–Trinajstić information content (AvgIpc) is 3.51. The standard InChI is InChI=1S/C25H27FN6S/c1-18-7-5-11-23(19(18)2)30-12-14-31(15-13-30)24(21-9-3-4-10-22(21)26)25-27-28-29-32(25)17-20-8-6-16-33-20/h3-11,16,24H,12-15,17H2,1-2H3. The van der Waals surface area contributed by atoms with Crippen molar-refractivity contribution in [2.45, 2.75) is 26.4 Å². The van der Waals surface area contributed by atoms with E-state index in [1.165, 1.54) is 22.9 Å². The highest BCUT2D eigenvalue weighted by molar-refractivity contribution is 7.09. The lowest BCUT2D eigenvalue weighted by molar-refractivity contribution is 0.198. The summed E-state index contributed by atoms with van der Waals surface area (Å²) in [6, 6.07) is 17.2. The zero-order valence-corrected chi connectivity index (χ0v) is 19.7. The first-order valence-corrected chi connectivity index (χ1v) is 12.1. The van der Waals surface area contributed by atoms with Gasteiger partial charge in [-0.3, -0.25) is 4.90 Å². The van der Waals surface area contributed by atoms with Crippen molar-refractivity contribution in [3.63, 3.8) is 0 Å². The van der Waals surface area contributed by atoms with E-state index >= 15 is 4.39 Å². The van der Waals surface area contributed by atoms with E-state index in [2.05, 4.69) is 63.4 Å². The van der Waals surface area contributed by atoms with Crippen LogP contribution < -0.4 is 4.90 Å². The highest BCUT2D eigenvalue weighted by Gasteiger charge is 2.32. The molecule has 1 atom stereocenters. The van der Waals surface area contributed by atoms with E-state index in [-0.39, 0.29) is 11.9 Å². The summed E-state index contributed by atoms with van der Waals surface area (Å²) in [6.45, 7) is 8.21. The van der Waals surface area contributed by atoms with Crippen LogP contribution in [0.1, 0.15) is 33.4 Å². The van der Waals surface area contributed by atoms with Crippen molar-refractivity contribution in [1.82, 2.24) is 25.1 Å². The van der Waals surface area contributed by atoms with Crippen LogP contribution in [-0.4, -0.2) is 51.3 Å². The predicted molar refractivity (Wildman–Crippen MR) is 129 cm³/mol. The fourth-order valence-electron chi connectivity index (χ4n) is 4.57. The van der Waals surface area contributed by atoms with Crippen molar-refractivity contribution in [2.24, 2.45) is 0 Å². The summed E-state index contributed by atoms with van der Waals surface area (Å²) in [5.74, 6) is 0.443. The number of hydrogen-bond acceptors (Lipinski definition) is 6. The predicted octanol–water partition coefficient (Wildman–Crippen LogP) is 4.45. The lowest BCUT2D eigenvalue weighted by Crippen LogP contribution is -2.48. The van der Waals surface area contributed by atoms with Gasteiger partial charge in [-0.2, -0.15) is 0 Å². The van der Waals surface area contributed by atoms with Gasteiger partial charge in [0.2, 0.25) is 0 Å². The van der Waals surface area contributed by atoms with E-state index < -0.39 is 0 Å². The van der Waals surface area contributed by atoms with Crippen molar-refractivity contribution in [2.75, 3.05) is 31.1 Å². The number of benzene rings is 2. The summed E-state index contributed by atoms with van der Waals surface area (Å²) in [5.41, 5.74) is 4.50. The summed E-state index contributed by atoms with van der Waals surface area (Å²) in [6.07, 6.45) is 0. The van der Waals surface area contributed by atoms with Crippen molar-refractivity contribution in [3.8, 4) is 0 Å². The summed E-state index contributed by atoms with van der Waals surface area (Å²) in [5, 5.41) is 14.6. The molecule has 33 heavy (non-hydrogen) atoms. The van der Waals surface area contributed by atoms with Crippen molar-refractivity contribution >= 4 is 17.0 Å². The van der Waals surface area contributed by atoms with E-state index in [0.717, 1.165) is 31.1 Å². The van der Waals surface area contributed by atoms with Gasteiger partial charge in [-0.25, -0.2) is 9.07 Å². The molecule has 170 valence electrons. The fraction of sp³-hybridized carbons (Fsp3) is 0.320. The number of aryl methyl sites for hydroxylation is 1. The van der Waals surface area contributed by atoms with Gasteiger partial charge in [0.05, 0.1) is 6.54 Å². The molecule has 2 aromatic heterocycles. The number of piperazine rings is 1. The first kappa shape index (κ1) is 21.7. The maximum absolute atomic E-state index is 15.0. The molecule has 4 aromatic rings. The van der Waals surface area contributed by atoms with Crippen molar-refractivity contribution in [3.05, 3.63) is 93.2 Å². The lowest BCUT2D eigenvalue weighted by atomic mass is 10.0. The Labute approximate surface area is 197 Å². The maximum atomic E-state index is 15.0. The monoisotopic (exact) mass is 462 g/mol. The molecule has 2 aromatic carbocycles. The number of nitrogens with zero attached hydrogens (tertiary/aromatic N) is 6. The van der Waals surface area contributed by atoms with Crippen LogP contribution in [-0.2, 0) is 6.54 Å². The molecule has 1 fully saturated rings. The van der Waals surface area contributed by atoms with Gasteiger partial charge in [-0.1, -0.05) is 36.4 Å². The van der Waals surface area contributed by atoms with Crippen LogP contribution >= 0.6 is 11.3 Å². The third-order valence-corrected chi connectivity index (χ3v) is 7.35. The number of hydrogen-bond donors (Lipinski definition) is 0. The summed E-state index contributed by atoms with van der Waals surface area (Å²) >= 11 is 1.67. The SMILES string of the molecule is Cc1cccc(N2CCN(C(c3ccccc3F)c3nnnn3Cc3cccs3)CC2)c1C. The molecule has 0 bridgehead atoms.